The molecule has 0 unspecified atom stereocenters. The largest absolute Gasteiger partial charge is 0.423 e. The molecular formula is C20H13ClFNO3. The highest BCUT2D eigenvalue weighted by Crippen LogP contribution is 2.20. The average molecular weight is 370 g/mol. The van der Waals surface area contributed by atoms with Gasteiger partial charge in [-0.15, -0.1) is 0 Å². The molecule has 3 aromatic rings. The van der Waals surface area contributed by atoms with E-state index in [-0.39, 0.29) is 11.5 Å². The molecular weight excluding hydrogens is 357 g/mol. The Balaban J connectivity index is 1.65. The standard InChI is InChI=1S/C20H13ClFNO3/c21-18-4-2-1-3-17(18)19(24)23-15-9-11-16(12-10-15)26-20(25)13-5-7-14(22)8-6-13/h1-12H,(H,23,24). The van der Waals surface area contributed by atoms with Crippen LogP contribution in [0.1, 0.15) is 20.7 Å². The molecule has 0 atom stereocenters. The van der Waals surface area contributed by atoms with Crippen LogP contribution in [0.3, 0.4) is 0 Å². The van der Waals surface area contributed by atoms with E-state index in [1.165, 1.54) is 24.3 Å². The van der Waals surface area contributed by atoms with Crippen LogP contribution in [0.15, 0.2) is 72.8 Å². The molecule has 3 aromatic carbocycles. The van der Waals surface area contributed by atoms with E-state index in [0.717, 1.165) is 0 Å². The SMILES string of the molecule is O=C(Oc1ccc(NC(=O)c2ccccc2Cl)cc1)c1ccc(F)cc1. The smallest absolute Gasteiger partial charge is 0.343 e. The van der Waals surface area contributed by atoms with Gasteiger partial charge >= 0.3 is 5.97 Å². The molecule has 4 nitrogen and oxygen atoms in total. The van der Waals surface area contributed by atoms with Crippen LogP contribution in [0.4, 0.5) is 10.1 Å². The Morgan fingerprint density at radius 1 is 0.885 bits per heavy atom. The molecule has 1 N–H and O–H groups in total. The van der Waals surface area contributed by atoms with Crippen molar-refractivity contribution in [2.24, 2.45) is 0 Å². The van der Waals surface area contributed by atoms with Gasteiger partial charge in [0.2, 0.25) is 0 Å². The maximum absolute atomic E-state index is 12.9. The van der Waals surface area contributed by atoms with Gasteiger partial charge in [-0.05, 0) is 60.7 Å². The van der Waals surface area contributed by atoms with E-state index in [9.17, 15) is 14.0 Å². The zero-order valence-electron chi connectivity index (χ0n) is 13.4. The minimum atomic E-state index is -0.599. The van der Waals surface area contributed by atoms with Gasteiger partial charge < -0.3 is 10.1 Å². The lowest BCUT2D eigenvalue weighted by Gasteiger charge is -2.08. The molecule has 0 spiro atoms. The number of hydrogen-bond donors (Lipinski definition) is 1. The molecule has 0 aliphatic rings. The molecule has 0 aliphatic heterocycles. The number of ether oxygens (including phenoxy) is 1. The number of halogens is 2. The normalized spacial score (nSPS) is 10.2. The predicted octanol–water partition coefficient (Wildman–Crippen LogP) is 4.95. The van der Waals surface area contributed by atoms with Crippen LogP contribution in [0, 0.1) is 5.82 Å². The van der Waals surface area contributed by atoms with Crippen molar-refractivity contribution in [3.8, 4) is 5.75 Å². The van der Waals surface area contributed by atoms with E-state index in [0.29, 0.717) is 22.0 Å². The first kappa shape index (κ1) is 17.6. The van der Waals surface area contributed by atoms with E-state index in [1.807, 2.05) is 0 Å². The molecule has 26 heavy (non-hydrogen) atoms. The number of rotatable bonds is 4. The summed E-state index contributed by atoms with van der Waals surface area (Å²) in [5.74, 6) is -1.07. The van der Waals surface area contributed by atoms with Gasteiger partial charge in [0.1, 0.15) is 11.6 Å². The zero-order valence-corrected chi connectivity index (χ0v) is 14.2. The average Bonchev–Trinajstić information content (AvgIpc) is 2.64. The number of carbonyl (C=O) groups is 2. The van der Waals surface area contributed by atoms with Crippen molar-refractivity contribution in [1.82, 2.24) is 0 Å². The maximum atomic E-state index is 12.9. The fraction of sp³-hybridized carbons (Fsp3) is 0. The minimum Gasteiger partial charge on any atom is -0.423 e. The number of esters is 1. The number of anilines is 1. The molecule has 3 rings (SSSR count). The number of hydrogen-bond acceptors (Lipinski definition) is 3. The van der Waals surface area contributed by atoms with Crippen LogP contribution < -0.4 is 10.1 Å². The molecule has 6 heteroatoms. The molecule has 0 saturated carbocycles. The fourth-order valence-electron chi connectivity index (χ4n) is 2.20. The van der Waals surface area contributed by atoms with E-state index in [4.69, 9.17) is 16.3 Å². The van der Waals surface area contributed by atoms with Crippen molar-refractivity contribution < 1.29 is 18.7 Å². The Bertz CT molecular complexity index is 940. The topological polar surface area (TPSA) is 55.4 Å². The van der Waals surface area contributed by atoms with E-state index >= 15 is 0 Å². The van der Waals surface area contributed by atoms with Crippen LogP contribution in [-0.2, 0) is 0 Å². The summed E-state index contributed by atoms with van der Waals surface area (Å²) in [7, 11) is 0. The highest BCUT2D eigenvalue weighted by Gasteiger charge is 2.11. The van der Waals surface area contributed by atoms with Crippen molar-refractivity contribution in [3.05, 3.63) is 94.8 Å². The minimum absolute atomic E-state index is 0.238. The quantitative estimate of drug-likeness (QED) is 0.523. The summed E-state index contributed by atoms with van der Waals surface area (Å²) in [6, 6.07) is 18.1. The Morgan fingerprint density at radius 3 is 2.19 bits per heavy atom. The molecule has 130 valence electrons. The third kappa shape index (κ3) is 4.26. The second kappa shape index (κ2) is 7.80. The van der Waals surface area contributed by atoms with E-state index in [2.05, 4.69) is 5.32 Å². The van der Waals surface area contributed by atoms with Crippen molar-refractivity contribution >= 4 is 29.2 Å². The van der Waals surface area contributed by atoms with Crippen molar-refractivity contribution in [2.45, 2.75) is 0 Å². The molecule has 0 bridgehead atoms. The highest BCUT2D eigenvalue weighted by molar-refractivity contribution is 6.34. The lowest BCUT2D eigenvalue weighted by atomic mass is 10.2. The summed E-state index contributed by atoms with van der Waals surface area (Å²) in [5, 5.41) is 3.07. The summed E-state index contributed by atoms with van der Waals surface area (Å²) >= 11 is 5.99. The molecule has 0 saturated heterocycles. The van der Waals surface area contributed by atoms with Gasteiger partial charge in [-0.2, -0.15) is 0 Å². The summed E-state index contributed by atoms with van der Waals surface area (Å²) in [6.07, 6.45) is 0. The lowest BCUT2D eigenvalue weighted by molar-refractivity contribution is 0.0734. The summed E-state index contributed by atoms with van der Waals surface area (Å²) in [5.41, 5.74) is 1.12. The Labute approximate surface area is 154 Å². The van der Waals surface area contributed by atoms with Gasteiger partial charge in [-0.1, -0.05) is 23.7 Å². The summed E-state index contributed by atoms with van der Waals surface area (Å²) < 4.78 is 18.1. The molecule has 1 amide bonds. The first-order chi connectivity index (χ1) is 12.5. The first-order valence-corrected chi connectivity index (χ1v) is 8.04. The fourth-order valence-corrected chi connectivity index (χ4v) is 2.42. The summed E-state index contributed by atoms with van der Waals surface area (Å²) in [4.78, 5) is 24.2. The molecule has 0 radical (unpaired) electrons. The second-order valence-electron chi connectivity index (χ2n) is 5.35. The molecule has 0 aliphatic carbocycles. The Hall–Kier alpha value is -3.18. The predicted molar refractivity (Wildman–Crippen MR) is 97.2 cm³/mol. The first-order valence-electron chi connectivity index (χ1n) is 7.66. The van der Waals surface area contributed by atoms with E-state index in [1.54, 1.807) is 48.5 Å². The van der Waals surface area contributed by atoms with Crippen molar-refractivity contribution in [2.75, 3.05) is 5.32 Å². The maximum Gasteiger partial charge on any atom is 0.343 e. The third-order valence-electron chi connectivity index (χ3n) is 3.52. The van der Waals surface area contributed by atoms with Gasteiger partial charge in [0.05, 0.1) is 16.1 Å². The Morgan fingerprint density at radius 2 is 1.54 bits per heavy atom. The van der Waals surface area contributed by atoms with Crippen molar-refractivity contribution in [1.29, 1.82) is 0 Å². The van der Waals surface area contributed by atoms with E-state index < -0.39 is 11.8 Å². The second-order valence-corrected chi connectivity index (χ2v) is 5.76. The molecule has 0 fully saturated rings. The molecule has 0 aromatic heterocycles. The van der Waals surface area contributed by atoms with Crippen LogP contribution in [0.25, 0.3) is 0 Å². The summed E-state index contributed by atoms with van der Waals surface area (Å²) in [6.45, 7) is 0. The molecule has 0 heterocycles. The van der Waals surface area contributed by atoms with Crippen LogP contribution in [0.5, 0.6) is 5.75 Å². The van der Waals surface area contributed by atoms with Gasteiger partial charge in [0, 0.05) is 5.69 Å². The van der Waals surface area contributed by atoms with Gasteiger partial charge in [0.25, 0.3) is 5.91 Å². The Kier molecular flexibility index (Phi) is 5.29. The zero-order chi connectivity index (χ0) is 18.5. The third-order valence-corrected chi connectivity index (χ3v) is 3.85. The monoisotopic (exact) mass is 369 g/mol. The lowest BCUT2D eigenvalue weighted by Crippen LogP contribution is -2.12. The van der Waals surface area contributed by atoms with Crippen LogP contribution in [0.2, 0.25) is 5.02 Å². The van der Waals surface area contributed by atoms with Crippen LogP contribution >= 0.6 is 11.6 Å². The van der Waals surface area contributed by atoms with Crippen molar-refractivity contribution in [3.63, 3.8) is 0 Å². The van der Waals surface area contributed by atoms with Gasteiger partial charge in [0.15, 0.2) is 0 Å². The number of amides is 1. The van der Waals surface area contributed by atoms with Gasteiger partial charge in [-0.3, -0.25) is 4.79 Å². The number of benzene rings is 3. The van der Waals surface area contributed by atoms with Gasteiger partial charge in [-0.25, -0.2) is 9.18 Å². The number of nitrogens with one attached hydrogen (secondary N) is 1. The highest BCUT2D eigenvalue weighted by atomic mass is 35.5. The van der Waals surface area contributed by atoms with Crippen LogP contribution in [-0.4, -0.2) is 11.9 Å². The number of carbonyl (C=O) groups excluding carboxylic acids is 2.